The molecule has 0 saturated heterocycles. The van der Waals surface area contributed by atoms with Gasteiger partial charge in [-0.25, -0.2) is 14.8 Å². The van der Waals surface area contributed by atoms with Gasteiger partial charge in [-0.15, -0.1) is 0 Å². The number of hydrogen-bond acceptors (Lipinski definition) is 8. The number of benzene rings is 2. The molecule has 0 fully saturated rings. The number of ether oxygens (including phenoxy) is 2. The summed E-state index contributed by atoms with van der Waals surface area (Å²) in [4.78, 5) is 29.7. The molecular weight excluding hydrogens is 442 g/mol. The third kappa shape index (κ3) is 5.50. The van der Waals surface area contributed by atoms with Crippen molar-refractivity contribution in [2.24, 2.45) is 10.7 Å². The summed E-state index contributed by atoms with van der Waals surface area (Å²) in [5.41, 5.74) is 11.4. The van der Waals surface area contributed by atoms with E-state index >= 15 is 0 Å². The van der Waals surface area contributed by atoms with Crippen LogP contribution < -0.4 is 10.5 Å². The zero-order chi connectivity index (χ0) is 24.6. The van der Waals surface area contributed by atoms with Gasteiger partial charge in [0.05, 0.1) is 17.6 Å². The van der Waals surface area contributed by atoms with Crippen LogP contribution >= 0.6 is 0 Å². The summed E-state index contributed by atoms with van der Waals surface area (Å²) < 4.78 is 11.1. The highest BCUT2D eigenvalue weighted by Gasteiger charge is 2.18. The Morgan fingerprint density at radius 2 is 1.66 bits per heavy atom. The smallest absolute Gasteiger partial charge is 0.358 e. The summed E-state index contributed by atoms with van der Waals surface area (Å²) in [7, 11) is 1.70. The molecule has 0 aliphatic rings. The van der Waals surface area contributed by atoms with E-state index in [4.69, 9.17) is 15.2 Å². The topological polar surface area (TPSA) is 113 Å². The van der Waals surface area contributed by atoms with Crippen LogP contribution in [0.3, 0.4) is 0 Å². The fraction of sp³-hybridized carbons (Fsp3) is 0.148. The largest absolute Gasteiger partial charge is 0.487 e. The highest BCUT2D eigenvalue weighted by Crippen LogP contribution is 2.24. The molecule has 0 saturated carbocycles. The molecule has 2 aromatic heterocycles. The van der Waals surface area contributed by atoms with Crippen LogP contribution in [0.2, 0.25) is 0 Å². The Kier molecular flexibility index (Phi) is 7.42. The molecule has 2 heterocycles. The predicted molar refractivity (Wildman–Crippen MR) is 136 cm³/mol. The van der Waals surface area contributed by atoms with E-state index in [1.54, 1.807) is 38.6 Å². The fourth-order valence-electron chi connectivity index (χ4n) is 3.50. The molecule has 4 aromatic rings. The van der Waals surface area contributed by atoms with Crippen LogP contribution in [0.15, 0.2) is 78.0 Å². The Bertz CT molecular complexity index is 1380. The maximum absolute atomic E-state index is 12.5. The number of aliphatic imine (C=N–C) groups is 1. The molecule has 0 amide bonds. The van der Waals surface area contributed by atoms with Crippen LogP contribution in [-0.4, -0.2) is 40.8 Å². The van der Waals surface area contributed by atoms with Crippen LogP contribution in [0.1, 0.15) is 34.2 Å². The van der Waals surface area contributed by atoms with Crippen molar-refractivity contribution in [3.05, 3.63) is 95.6 Å². The number of pyridine rings is 1. The Hall–Kier alpha value is -4.59. The molecule has 0 radical (unpaired) electrons. The summed E-state index contributed by atoms with van der Waals surface area (Å²) in [6.07, 6.45) is 5.15. The van der Waals surface area contributed by atoms with E-state index in [9.17, 15) is 4.79 Å². The van der Waals surface area contributed by atoms with Crippen LogP contribution in [0.25, 0.3) is 22.3 Å². The molecule has 0 unspecified atom stereocenters. The molecule has 35 heavy (non-hydrogen) atoms. The summed E-state index contributed by atoms with van der Waals surface area (Å²) in [5, 5.41) is 0. The number of para-hydroxylation sites is 2. The zero-order valence-corrected chi connectivity index (χ0v) is 19.5. The maximum Gasteiger partial charge on any atom is 0.358 e. The van der Waals surface area contributed by atoms with E-state index < -0.39 is 5.97 Å². The van der Waals surface area contributed by atoms with E-state index in [0.29, 0.717) is 28.2 Å². The van der Waals surface area contributed by atoms with Crippen molar-refractivity contribution in [2.75, 3.05) is 13.7 Å². The van der Waals surface area contributed by atoms with Crippen molar-refractivity contribution in [3.63, 3.8) is 0 Å². The number of allylic oxidation sites excluding steroid dienone is 1. The Morgan fingerprint density at radius 3 is 2.31 bits per heavy atom. The van der Waals surface area contributed by atoms with E-state index in [1.807, 2.05) is 54.6 Å². The highest BCUT2D eigenvalue weighted by molar-refractivity contribution is 6.18. The van der Waals surface area contributed by atoms with Gasteiger partial charge in [-0.05, 0) is 66.6 Å². The normalized spacial score (nSPS) is 11.9. The van der Waals surface area contributed by atoms with Gasteiger partial charge in [0.25, 0.3) is 0 Å². The van der Waals surface area contributed by atoms with E-state index in [0.717, 1.165) is 16.7 Å². The standard InChI is InChI=1S/C27H25N5O3/c1-3-34-27(33)26-24(31-22-6-4-5-7-23(22)32-26)17-35-20-10-8-19(9-11-20)25(28)21(16-29-2)18-12-14-30-15-13-18/h4-16H,3,17,28H2,1-2H3. The first-order valence-electron chi connectivity index (χ1n) is 11.1. The molecule has 8 nitrogen and oxygen atoms in total. The molecule has 8 heteroatoms. The van der Waals surface area contributed by atoms with E-state index in [2.05, 4.69) is 19.9 Å². The zero-order valence-electron chi connectivity index (χ0n) is 19.5. The minimum absolute atomic E-state index is 0.0570. The SMILES string of the molecule is CCOC(=O)c1nc2ccccc2nc1COc1ccc(C(N)=C(C=NC)c2ccncc2)cc1. The van der Waals surface area contributed by atoms with Crippen molar-refractivity contribution >= 4 is 34.5 Å². The summed E-state index contributed by atoms with van der Waals surface area (Å²) >= 11 is 0. The number of hydrogen-bond donors (Lipinski definition) is 1. The van der Waals surface area contributed by atoms with Crippen molar-refractivity contribution in [2.45, 2.75) is 13.5 Å². The lowest BCUT2D eigenvalue weighted by Crippen LogP contribution is -2.14. The second-order valence-electron chi connectivity index (χ2n) is 7.49. The van der Waals surface area contributed by atoms with E-state index in [1.165, 1.54) is 0 Å². The van der Waals surface area contributed by atoms with Crippen LogP contribution in [0.5, 0.6) is 5.75 Å². The third-order valence-electron chi connectivity index (χ3n) is 5.19. The van der Waals surface area contributed by atoms with Gasteiger partial charge in [0.2, 0.25) is 0 Å². The van der Waals surface area contributed by atoms with Gasteiger partial charge in [-0.3, -0.25) is 9.98 Å². The summed E-state index contributed by atoms with van der Waals surface area (Å²) in [6.45, 7) is 2.05. The number of esters is 1. The van der Waals surface area contributed by atoms with Gasteiger partial charge in [0.1, 0.15) is 18.1 Å². The van der Waals surface area contributed by atoms with Gasteiger partial charge in [0, 0.05) is 36.9 Å². The van der Waals surface area contributed by atoms with Gasteiger partial charge in [0.15, 0.2) is 5.69 Å². The maximum atomic E-state index is 12.5. The second-order valence-corrected chi connectivity index (χ2v) is 7.49. The molecule has 4 rings (SSSR count). The number of nitrogens with zero attached hydrogens (tertiary/aromatic N) is 4. The molecule has 2 aromatic carbocycles. The number of carbonyl (C=O) groups is 1. The Morgan fingerprint density at radius 1 is 0.971 bits per heavy atom. The predicted octanol–water partition coefficient (Wildman–Crippen LogP) is 4.31. The number of nitrogens with two attached hydrogens (primary N) is 1. The Balaban J connectivity index is 1.58. The number of rotatable bonds is 8. The van der Waals surface area contributed by atoms with E-state index in [-0.39, 0.29) is 18.9 Å². The molecule has 2 N–H and O–H groups in total. The average molecular weight is 468 g/mol. The molecular formula is C27H25N5O3. The first kappa shape index (κ1) is 23.6. The fourth-order valence-corrected chi connectivity index (χ4v) is 3.50. The van der Waals surface area contributed by atoms with Crippen molar-refractivity contribution in [1.82, 2.24) is 15.0 Å². The molecule has 0 spiro atoms. The lowest BCUT2D eigenvalue weighted by molar-refractivity contribution is 0.0516. The minimum atomic E-state index is -0.529. The average Bonchev–Trinajstić information content (AvgIpc) is 2.90. The monoisotopic (exact) mass is 467 g/mol. The quantitative estimate of drug-likeness (QED) is 0.303. The van der Waals surface area contributed by atoms with Crippen molar-refractivity contribution in [3.8, 4) is 5.75 Å². The first-order chi connectivity index (χ1) is 17.1. The summed E-state index contributed by atoms with van der Waals surface area (Å²) in [6, 6.07) is 18.5. The van der Waals surface area contributed by atoms with Gasteiger partial charge < -0.3 is 15.2 Å². The minimum Gasteiger partial charge on any atom is -0.487 e. The Labute approximate surface area is 203 Å². The van der Waals surface area contributed by atoms with Gasteiger partial charge in [-0.2, -0.15) is 0 Å². The van der Waals surface area contributed by atoms with Crippen LogP contribution in [0, 0.1) is 0 Å². The molecule has 0 atom stereocenters. The highest BCUT2D eigenvalue weighted by atomic mass is 16.5. The molecule has 0 aliphatic carbocycles. The number of aromatic nitrogens is 3. The molecule has 0 aliphatic heterocycles. The van der Waals surface area contributed by atoms with Crippen LogP contribution in [-0.2, 0) is 11.3 Å². The van der Waals surface area contributed by atoms with Crippen molar-refractivity contribution in [1.29, 1.82) is 0 Å². The third-order valence-corrected chi connectivity index (χ3v) is 5.19. The van der Waals surface area contributed by atoms with Gasteiger partial charge in [-0.1, -0.05) is 12.1 Å². The first-order valence-corrected chi connectivity index (χ1v) is 11.1. The molecule has 176 valence electrons. The van der Waals surface area contributed by atoms with Gasteiger partial charge >= 0.3 is 5.97 Å². The molecule has 0 bridgehead atoms. The van der Waals surface area contributed by atoms with Crippen molar-refractivity contribution < 1.29 is 14.3 Å². The van der Waals surface area contributed by atoms with Crippen LogP contribution in [0.4, 0.5) is 0 Å². The second kappa shape index (κ2) is 11.0. The summed E-state index contributed by atoms with van der Waals surface area (Å²) in [5.74, 6) is 0.0692. The lowest BCUT2D eigenvalue weighted by atomic mass is 10.0. The number of carbonyl (C=O) groups excluding carboxylic acids is 1. The lowest BCUT2D eigenvalue weighted by Gasteiger charge is -2.12. The number of fused-ring (bicyclic) bond motifs is 1.